The second-order valence-corrected chi connectivity index (χ2v) is 11.1. The van der Waals surface area contributed by atoms with E-state index in [2.05, 4.69) is 51.5 Å². The van der Waals surface area contributed by atoms with Crippen LogP contribution in [0.25, 0.3) is 5.65 Å². The summed E-state index contributed by atoms with van der Waals surface area (Å²) in [7, 11) is 8.50. The average Bonchev–Trinajstić information content (AvgIpc) is 3.80. The summed E-state index contributed by atoms with van der Waals surface area (Å²) in [6.07, 6.45) is 5.45. The van der Waals surface area contributed by atoms with Crippen molar-refractivity contribution in [2.45, 2.75) is 6.54 Å². The summed E-state index contributed by atoms with van der Waals surface area (Å²) in [5.74, 6) is -2.14. The van der Waals surface area contributed by atoms with Crippen LogP contribution in [0.5, 0.6) is 0 Å². The molecule has 0 bridgehead atoms. The molecule has 21 nitrogen and oxygen atoms in total. The van der Waals surface area contributed by atoms with Crippen molar-refractivity contribution in [3.8, 4) is 0 Å². The molecule has 0 aliphatic rings. The van der Waals surface area contributed by atoms with Gasteiger partial charge in [0.2, 0.25) is 17.5 Å². The number of rotatable bonds is 12. The van der Waals surface area contributed by atoms with Gasteiger partial charge >= 0.3 is 5.69 Å². The van der Waals surface area contributed by atoms with Gasteiger partial charge in [-0.2, -0.15) is 4.68 Å². The van der Waals surface area contributed by atoms with Gasteiger partial charge in [0.15, 0.2) is 28.8 Å². The number of alkyl halides is 1. The Kier molecular flexibility index (Phi) is 9.61. The molecule has 4 N–H and O–H groups in total. The van der Waals surface area contributed by atoms with Gasteiger partial charge in [0, 0.05) is 58.7 Å². The standard InChI is InChI=1S/C26H31ClN16O5/c1-38(2)9-7-28-23(45)19-30-15(11-39(19)3)34-25(47)21-32-16(12-41(21)5)35-24(46)20-31-14(10-40(20)4)33-22(44)17-18-36-37-43(8-6-27)26(48)42(18)13-29-17/h10-13H,6-9H2,1-5H3,(H,28,45)(H,33,44)(H,34,47)(H,35,46). The molecule has 0 saturated heterocycles. The summed E-state index contributed by atoms with van der Waals surface area (Å²) in [6.45, 7) is 1.20. The van der Waals surface area contributed by atoms with Gasteiger partial charge in [0.05, 0.1) is 6.54 Å². The van der Waals surface area contributed by atoms with E-state index < -0.39 is 29.3 Å². The van der Waals surface area contributed by atoms with Gasteiger partial charge in [-0.3, -0.25) is 19.2 Å². The summed E-state index contributed by atoms with van der Waals surface area (Å²) < 4.78 is 6.35. The molecule has 252 valence electrons. The Morgan fingerprint density at radius 1 is 0.792 bits per heavy atom. The number of hydrogen-bond acceptors (Lipinski definition) is 12. The van der Waals surface area contributed by atoms with Crippen molar-refractivity contribution in [1.82, 2.24) is 63.2 Å². The first-order valence-electron chi connectivity index (χ1n) is 14.2. The van der Waals surface area contributed by atoms with E-state index in [1.165, 1.54) is 39.3 Å². The first-order valence-corrected chi connectivity index (χ1v) is 14.7. The molecule has 0 spiro atoms. The van der Waals surface area contributed by atoms with Crippen LogP contribution in [-0.2, 0) is 27.7 Å². The number of aryl methyl sites for hydroxylation is 4. The number of amides is 4. The quantitative estimate of drug-likeness (QED) is 0.113. The van der Waals surface area contributed by atoms with Crippen molar-refractivity contribution in [3.63, 3.8) is 0 Å². The highest BCUT2D eigenvalue weighted by Crippen LogP contribution is 2.15. The van der Waals surface area contributed by atoms with Crippen molar-refractivity contribution in [1.29, 1.82) is 0 Å². The van der Waals surface area contributed by atoms with E-state index >= 15 is 0 Å². The second kappa shape index (κ2) is 13.8. The molecule has 5 rings (SSSR count). The zero-order valence-electron chi connectivity index (χ0n) is 26.4. The molecule has 0 aliphatic heterocycles. The van der Waals surface area contributed by atoms with Crippen LogP contribution in [-0.4, -0.2) is 115 Å². The Morgan fingerprint density at radius 3 is 1.79 bits per heavy atom. The molecule has 5 aromatic rings. The highest BCUT2D eigenvalue weighted by Gasteiger charge is 2.23. The van der Waals surface area contributed by atoms with Crippen LogP contribution in [0.3, 0.4) is 0 Å². The number of nitrogens with one attached hydrogen (secondary N) is 4. The van der Waals surface area contributed by atoms with Crippen LogP contribution in [0.4, 0.5) is 17.5 Å². The molecule has 0 fully saturated rings. The number of hydrogen-bond donors (Lipinski definition) is 4. The fourth-order valence-corrected chi connectivity index (χ4v) is 4.58. The molecule has 0 aliphatic carbocycles. The monoisotopic (exact) mass is 682 g/mol. The van der Waals surface area contributed by atoms with E-state index in [-0.39, 0.29) is 58.7 Å². The number of nitrogens with zero attached hydrogens (tertiary/aromatic N) is 12. The normalized spacial score (nSPS) is 11.2. The highest BCUT2D eigenvalue weighted by molar-refractivity contribution is 6.17. The number of likely N-dealkylation sites (N-methyl/N-ethyl adjacent to an activating group) is 1. The van der Waals surface area contributed by atoms with Gasteiger partial charge in [-0.25, -0.2) is 29.1 Å². The Hall–Kier alpha value is -5.96. The summed E-state index contributed by atoms with van der Waals surface area (Å²) in [5, 5.41) is 18.1. The van der Waals surface area contributed by atoms with Crippen molar-refractivity contribution in [2.75, 3.05) is 49.0 Å². The lowest BCUT2D eigenvalue weighted by atomic mass is 10.4. The van der Waals surface area contributed by atoms with E-state index in [1.54, 1.807) is 14.1 Å². The van der Waals surface area contributed by atoms with Crippen LogP contribution in [0.2, 0.25) is 0 Å². The third-order valence-electron chi connectivity index (χ3n) is 6.74. The lowest BCUT2D eigenvalue weighted by Gasteiger charge is -2.09. The number of fused-ring (bicyclic) bond motifs is 1. The third-order valence-corrected chi connectivity index (χ3v) is 6.90. The van der Waals surface area contributed by atoms with Gasteiger partial charge in [0.25, 0.3) is 23.6 Å². The van der Waals surface area contributed by atoms with Crippen molar-refractivity contribution < 1.29 is 19.2 Å². The van der Waals surface area contributed by atoms with E-state index in [0.717, 1.165) is 15.4 Å². The highest BCUT2D eigenvalue weighted by atomic mass is 35.5. The molecule has 5 aromatic heterocycles. The van der Waals surface area contributed by atoms with E-state index in [1.807, 2.05) is 19.0 Å². The topological polar surface area (TPSA) is 238 Å². The van der Waals surface area contributed by atoms with Crippen LogP contribution >= 0.6 is 11.6 Å². The average molecular weight is 683 g/mol. The number of halogens is 1. The Balaban J connectivity index is 1.22. The van der Waals surface area contributed by atoms with Gasteiger partial charge in [-0.1, -0.05) is 5.21 Å². The number of imidazole rings is 4. The van der Waals surface area contributed by atoms with Gasteiger partial charge in [-0.05, 0) is 14.1 Å². The minimum Gasteiger partial charge on any atom is -0.348 e. The molecule has 0 radical (unpaired) electrons. The number of carbonyl (C=O) groups excluding carboxylic acids is 4. The zero-order valence-corrected chi connectivity index (χ0v) is 27.2. The van der Waals surface area contributed by atoms with E-state index in [4.69, 9.17) is 11.6 Å². The van der Waals surface area contributed by atoms with Gasteiger partial charge < -0.3 is 39.9 Å². The summed E-state index contributed by atoms with van der Waals surface area (Å²) >= 11 is 5.68. The third kappa shape index (κ3) is 7.05. The fourth-order valence-electron chi connectivity index (χ4n) is 4.42. The molecular formula is C26H31ClN16O5. The van der Waals surface area contributed by atoms with Gasteiger partial charge in [0.1, 0.15) is 6.33 Å². The predicted octanol–water partition coefficient (Wildman–Crippen LogP) is -1.23. The van der Waals surface area contributed by atoms with Crippen LogP contribution in [0.1, 0.15) is 42.3 Å². The summed E-state index contributed by atoms with van der Waals surface area (Å²) in [6, 6.07) is 0. The Bertz CT molecular complexity index is 2090. The maximum Gasteiger partial charge on any atom is 0.353 e. The lowest BCUT2D eigenvalue weighted by Crippen LogP contribution is -2.32. The molecular weight excluding hydrogens is 652 g/mol. The number of anilines is 3. The fraction of sp³-hybridized carbons (Fsp3) is 0.346. The molecule has 5 heterocycles. The Morgan fingerprint density at radius 2 is 1.29 bits per heavy atom. The van der Waals surface area contributed by atoms with Gasteiger partial charge in [-0.15, -0.1) is 16.7 Å². The summed E-state index contributed by atoms with van der Waals surface area (Å²) in [4.78, 5) is 82.4. The van der Waals surface area contributed by atoms with Crippen LogP contribution in [0.15, 0.2) is 29.7 Å². The minimum absolute atomic E-state index is 0.0134. The van der Waals surface area contributed by atoms with Crippen molar-refractivity contribution >= 4 is 58.3 Å². The predicted molar refractivity (Wildman–Crippen MR) is 170 cm³/mol. The maximum atomic E-state index is 13.1. The van der Waals surface area contributed by atoms with Crippen molar-refractivity contribution in [2.24, 2.45) is 21.1 Å². The molecule has 0 aromatic carbocycles. The molecule has 4 amide bonds. The molecule has 48 heavy (non-hydrogen) atoms. The smallest absolute Gasteiger partial charge is 0.348 e. The number of aromatic nitrogens is 11. The van der Waals surface area contributed by atoms with Crippen molar-refractivity contribution in [3.05, 3.63) is 58.6 Å². The van der Waals surface area contributed by atoms with E-state index in [9.17, 15) is 24.0 Å². The van der Waals surface area contributed by atoms with E-state index in [0.29, 0.717) is 13.1 Å². The zero-order chi connectivity index (χ0) is 34.7. The molecule has 22 heteroatoms. The lowest BCUT2D eigenvalue weighted by molar-refractivity contribution is 0.0935. The molecule has 0 unspecified atom stereocenters. The maximum absolute atomic E-state index is 13.1. The minimum atomic E-state index is -0.739. The first-order chi connectivity index (χ1) is 22.9. The Labute approximate surface area is 275 Å². The molecule has 0 saturated carbocycles. The largest absolute Gasteiger partial charge is 0.353 e. The second-order valence-electron chi connectivity index (χ2n) is 10.7. The van der Waals surface area contributed by atoms with Crippen LogP contribution in [0, 0.1) is 0 Å². The first kappa shape index (κ1) is 33.4. The SMILES string of the molecule is CN(C)CCNC(=O)c1nc(NC(=O)c2nc(NC(=O)c3nc(NC(=O)c4ncn5c(=O)n(CCCl)nnc45)cn3C)cn2C)cn1C. The summed E-state index contributed by atoms with van der Waals surface area (Å²) in [5.41, 5.74) is -0.823. The van der Waals surface area contributed by atoms with Crippen LogP contribution < -0.4 is 27.0 Å². The number of carbonyl (C=O) groups is 4. The molecule has 0 atom stereocenters.